The number of carbonyl (C=O) groups is 1. The van der Waals surface area contributed by atoms with E-state index in [-0.39, 0.29) is 17.7 Å². The van der Waals surface area contributed by atoms with Gasteiger partial charge >= 0.3 is 0 Å². The minimum absolute atomic E-state index is 0.0295. The third kappa shape index (κ3) is 3.33. The monoisotopic (exact) mass is 299 g/mol. The summed E-state index contributed by atoms with van der Waals surface area (Å²) in [5.74, 6) is 0.285. The van der Waals surface area contributed by atoms with Gasteiger partial charge in [-0.2, -0.15) is 5.10 Å². The summed E-state index contributed by atoms with van der Waals surface area (Å²) in [7, 11) is 1.90. The predicted octanol–water partition coefficient (Wildman–Crippen LogP) is 0.477. The van der Waals surface area contributed by atoms with E-state index in [0.29, 0.717) is 6.54 Å². The lowest BCUT2D eigenvalue weighted by Crippen LogP contribution is -2.35. The van der Waals surface area contributed by atoms with Crippen LogP contribution in [-0.2, 0) is 18.3 Å². The molecule has 116 valence electrons. The van der Waals surface area contributed by atoms with Crippen LogP contribution in [0.25, 0.3) is 0 Å². The summed E-state index contributed by atoms with van der Waals surface area (Å²) in [5, 5.41) is 10.6. The maximum absolute atomic E-state index is 12.4. The lowest BCUT2D eigenvalue weighted by atomic mass is 9.90. The van der Waals surface area contributed by atoms with Crippen molar-refractivity contribution in [1.29, 1.82) is 0 Å². The van der Waals surface area contributed by atoms with E-state index in [1.54, 1.807) is 10.9 Å². The summed E-state index contributed by atoms with van der Waals surface area (Å²) < 4.78 is 1.78. The van der Waals surface area contributed by atoms with Gasteiger partial charge in [0.05, 0.1) is 12.1 Å². The van der Waals surface area contributed by atoms with Crippen molar-refractivity contribution in [2.75, 3.05) is 19.6 Å². The second-order valence-corrected chi connectivity index (χ2v) is 5.72. The van der Waals surface area contributed by atoms with Crippen molar-refractivity contribution in [2.24, 2.45) is 13.0 Å². The zero-order valence-electron chi connectivity index (χ0n) is 12.7. The first-order chi connectivity index (χ1) is 10.7. The summed E-state index contributed by atoms with van der Waals surface area (Å²) in [4.78, 5) is 16.5. The fraction of sp³-hybridized carbons (Fsp3) is 0.438. The first kappa shape index (κ1) is 14.7. The van der Waals surface area contributed by atoms with Gasteiger partial charge in [0.25, 0.3) is 0 Å². The number of amides is 1. The van der Waals surface area contributed by atoms with Crippen LogP contribution in [-0.4, -0.2) is 40.3 Å². The highest BCUT2D eigenvalue weighted by atomic mass is 16.1. The van der Waals surface area contributed by atoms with E-state index in [9.17, 15) is 4.79 Å². The molecule has 2 aromatic heterocycles. The number of aryl methyl sites for hydroxylation is 1. The topological polar surface area (TPSA) is 71.8 Å². The van der Waals surface area contributed by atoms with Gasteiger partial charge in [0.15, 0.2) is 0 Å². The highest BCUT2D eigenvalue weighted by molar-refractivity contribution is 5.80. The largest absolute Gasteiger partial charge is 0.355 e. The van der Waals surface area contributed by atoms with Crippen LogP contribution in [0.5, 0.6) is 0 Å². The molecule has 1 aliphatic rings. The molecule has 6 nitrogen and oxygen atoms in total. The summed E-state index contributed by atoms with van der Waals surface area (Å²) in [6, 6.07) is 3.94. The van der Waals surface area contributed by atoms with E-state index in [1.807, 2.05) is 37.8 Å². The van der Waals surface area contributed by atoms with Crippen LogP contribution in [0.2, 0.25) is 0 Å². The van der Waals surface area contributed by atoms with Gasteiger partial charge in [-0.25, -0.2) is 0 Å². The zero-order chi connectivity index (χ0) is 15.4. The molecule has 0 aromatic carbocycles. The number of hydrogen-bond acceptors (Lipinski definition) is 4. The third-order valence-corrected chi connectivity index (χ3v) is 4.14. The summed E-state index contributed by atoms with van der Waals surface area (Å²) in [6.45, 7) is 2.19. The second-order valence-electron chi connectivity index (χ2n) is 5.72. The molecule has 0 unspecified atom stereocenters. The summed E-state index contributed by atoms with van der Waals surface area (Å²) >= 11 is 0. The maximum Gasteiger partial charge on any atom is 0.225 e. The van der Waals surface area contributed by atoms with E-state index in [0.717, 1.165) is 30.6 Å². The Morgan fingerprint density at radius 1 is 1.45 bits per heavy atom. The van der Waals surface area contributed by atoms with E-state index in [2.05, 4.69) is 20.7 Å². The van der Waals surface area contributed by atoms with Gasteiger partial charge in [0, 0.05) is 51.2 Å². The molecular formula is C16H21N5O. The number of aromatic nitrogens is 3. The Kier molecular flexibility index (Phi) is 4.48. The number of nitrogens with zero attached hydrogens (tertiary/aromatic N) is 3. The Labute approximate surface area is 129 Å². The number of pyridine rings is 1. The maximum atomic E-state index is 12.4. The van der Waals surface area contributed by atoms with Crippen LogP contribution in [0.15, 0.2) is 36.9 Å². The van der Waals surface area contributed by atoms with Crippen molar-refractivity contribution in [3.05, 3.63) is 48.0 Å². The van der Waals surface area contributed by atoms with Crippen molar-refractivity contribution < 1.29 is 4.79 Å². The standard InChI is InChI=1S/C16H21N5O/c1-21-11-13(8-20-21)14-9-18-10-15(14)16(22)19-6-4-12-3-2-5-17-7-12/h2-3,5,7-8,11,14-15,18H,4,6,9-10H2,1H3,(H,19,22)/t14-,15+/m1/s1. The lowest BCUT2D eigenvalue weighted by Gasteiger charge is -2.17. The van der Waals surface area contributed by atoms with E-state index >= 15 is 0 Å². The first-order valence-corrected chi connectivity index (χ1v) is 7.60. The average Bonchev–Trinajstić information content (AvgIpc) is 3.16. The molecule has 6 heteroatoms. The Morgan fingerprint density at radius 3 is 3.09 bits per heavy atom. The third-order valence-electron chi connectivity index (χ3n) is 4.14. The molecule has 22 heavy (non-hydrogen) atoms. The van der Waals surface area contributed by atoms with Crippen LogP contribution < -0.4 is 10.6 Å². The lowest BCUT2D eigenvalue weighted by molar-refractivity contribution is -0.124. The van der Waals surface area contributed by atoms with Crippen molar-refractivity contribution >= 4 is 5.91 Å². The fourth-order valence-corrected chi connectivity index (χ4v) is 2.94. The van der Waals surface area contributed by atoms with Gasteiger partial charge in [-0.05, 0) is 23.6 Å². The molecule has 0 radical (unpaired) electrons. The predicted molar refractivity (Wildman–Crippen MR) is 83.3 cm³/mol. The molecule has 1 saturated heterocycles. The summed E-state index contributed by atoms with van der Waals surface area (Å²) in [5.41, 5.74) is 2.26. The van der Waals surface area contributed by atoms with Gasteiger partial charge in [-0.15, -0.1) is 0 Å². The van der Waals surface area contributed by atoms with Crippen molar-refractivity contribution in [2.45, 2.75) is 12.3 Å². The molecule has 1 fully saturated rings. The Morgan fingerprint density at radius 2 is 2.36 bits per heavy atom. The smallest absolute Gasteiger partial charge is 0.225 e. The minimum atomic E-state index is -0.0295. The molecule has 0 bridgehead atoms. The summed E-state index contributed by atoms with van der Waals surface area (Å²) in [6.07, 6.45) is 8.24. The Bertz CT molecular complexity index is 624. The molecule has 3 rings (SSSR count). The molecule has 2 N–H and O–H groups in total. The van der Waals surface area contributed by atoms with Crippen LogP contribution in [0, 0.1) is 5.92 Å². The molecule has 2 aromatic rings. The minimum Gasteiger partial charge on any atom is -0.355 e. The van der Waals surface area contributed by atoms with Gasteiger partial charge in [0.2, 0.25) is 5.91 Å². The SMILES string of the molecule is Cn1cc([C@H]2CNC[C@@H]2C(=O)NCCc2cccnc2)cn1. The van der Waals surface area contributed by atoms with Gasteiger partial charge in [-0.1, -0.05) is 6.07 Å². The number of hydrogen-bond donors (Lipinski definition) is 2. The molecule has 0 spiro atoms. The van der Waals surface area contributed by atoms with Crippen molar-refractivity contribution in [1.82, 2.24) is 25.4 Å². The van der Waals surface area contributed by atoms with E-state index in [1.165, 1.54) is 0 Å². The van der Waals surface area contributed by atoms with Crippen molar-refractivity contribution in [3.8, 4) is 0 Å². The highest BCUT2D eigenvalue weighted by Gasteiger charge is 2.34. The number of carbonyl (C=O) groups excluding carboxylic acids is 1. The van der Waals surface area contributed by atoms with Gasteiger partial charge < -0.3 is 10.6 Å². The Balaban J connectivity index is 1.55. The molecular weight excluding hydrogens is 278 g/mol. The molecule has 1 amide bonds. The molecule has 1 aliphatic heterocycles. The van der Waals surface area contributed by atoms with Gasteiger partial charge in [-0.3, -0.25) is 14.5 Å². The van der Waals surface area contributed by atoms with E-state index in [4.69, 9.17) is 0 Å². The molecule has 0 aliphatic carbocycles. The van der Waals surface area contributed by atoms with Crippen LogP contribution in [0.3, 0.4) is 0 Å². The molecule has 3 heterocycles. The Hall–Kier alpha value is -2.21. The number of rotatable bonds is 5. The van der Waals surface area contributed by atoms with E-state index < -0.39 is 0 Å². The molecule has 2 atom stereocenters. The van der Waals surface area contributed by atoms with Crippen LogP contribution in [0.4, 0.5) is 0 Å². The second kappa shape index (κ2) is 6.70. The van der Waals surface area contributed by atoms with Crippen molar-refractivity contribution in [3.63, 3.8) is 0 Å². The fourth-order valence-electron chi connectivity index (χ4n) is 2.94. The zero-order valence-corrected chi connectivity index (χ0v) is 12.7. The van der Waals surface area contributed by atoms with Gasteiger partial charge in [0.1, 0.15) is 0 Å². The normalized spacial score (nSPS) is 21.0. The van der Waals surface area contributed by atoms with Crippen LogP contribution >= 0.6 is 0 Å². The quantitative estimate of drug-likeness (QED) is 0.842. The molecule has 0 saturated carbocycles. The highest BCUT2D eigenvalue weighted by Crippen LogP contribution is 2.27. The van der Waals surface area contributed by atoms with Crippen LogP contribution in [0.1, 0.15) is 17.0 Å². The average molecular weight is 299 g/mol. The first-order valence-electron chi connectivity index (χ1n) is 7.60. The number of nitrogens with one attached hydrogen (secondary N) is 2.